The molecule has 0 unspecified atom stereocenters. The van der Waals surface area contributed by atoms with Crippen LogP contribution in [0.4, 0.5) is 0 Å². The van der Waals surface area contributed by atoms with E-state index in [2.05, 4.69) is 58.0 Å². The van der Waals surface area contributed by atoms with Crippen molar-refractivity contribution in [3.63, 3.8) is 0 Å². The Morgan fingerprint density at radius 2 is 1.47 bits per heavy atom. The Balaban J connectivity index is 2.72. The Morgan fingerprint density at radius 1 is 0.895 bits per heavy atom. The summed E-state index contributed by atoms with van der Waals surface area (Å²) >= 11 is 0. The van der Waals surface area contributed by atoms with Gasteiger partial charge in [0.15, 0.2) is 4.90 Å². The molecule has 2 rings (SSSR count). The van der Waals surface area contributed by atoms with Gasteiger partial charge in [-0.1, -0.05) is 18.2 Å². The van der Waals surface area contributed by atoms with Crippen LogP contribution in [0.5, 0.6) is 0 Å². The summed E-state index contributed by atoms with van der Waals surface area (Å²) in [5.41, 5.74) is 0.774. The average Bonchev–Trinajstić information content (AvgIpc) is 2.38. The summed E-state index contributed by atoms with van der Waals surface area (Å²) in [5.74, 6) is 0. The number of hydrogen-bond donors (Lipinski definition) is 0. The zero-order valence-electron chi connectivity index (χ0n) is 12.0. The van der Waals surface area contributed by atoms with E-state index in [1.165, 1.54) is 10.3 Å². The van der Waals surface area contributed by atoms with Gasteiger partial charge in [-0.3, -0.25) is 0 Å². The minimum atomic E-state index is 0.214. The van der Waals surface area contributed by atoms with Gasteiger partial charge in [0.25, 0.3) is 0 Å². The Kier molecular flexibility index (Phi) is 4.17. The van der Waals surface area contributed by atoms with Crippen LogP contribution in [0.2, 0.25) is 0 Å². The molecule has 1 nitrogen and oxygen atoms in total. The van der Waals surface area contributed by atoms with Crippen LogP contribution in [-0.2, 0) is 10.9 Å². The maximum Gasteiger partial charge on any atom is 0.163 e. The molecule has 2 aromatic carbocycles. The fourth-order valence-corrected chi connectivity index (χ4v) is 5.39. The third-order valence-electron chi connectivity index (χ3n) is 3.27. The first-order valence-electron chi connectivity index (χ1n) is 6.70. The maximum atomic E-state index is 9.24. The van der Waals surface area contributed by atoms with Crippen LogP contribution in [0.25, 0.3) is 10.8 Å². The smallest absolute Gasteiger partial charge is 0.163 e. The van der Waals surface area contributed by atoms with Crippen LogP contribution >= 0.6 is 0 Å². The van der Waals surface area contributed by atoms with E-state index in [1.807, 2.05) is 12.1 Å². The number of benzene rings is 2. The molecule has 0 saturated carbocycles. The maximum absolute atomic E-state index is 9.24. The van der Waals surface area contributed by atoms with E-state index in [0.717, 1.165) is 10.9 Å². The Labute approximate surface area is 118 Å². The van der Waals surface area contributed by atoms with E-state index < -0.39 is 0 Å². The van der Waals surface area contributed by atoms with Crippen LogP contribution in [0, 0.1) is 11.3 Å². The van der Waals surface area contributed by atoms with Gasteiger partial charge in [0, 0.05) is 21.7 Å². The van der Waals surface area contributed by atoms with E-state index in [9.17, 15) is 5.26 Å². The molecule has 0 saturated heterocycles. The molecule has 0 spiro atoms. The highest BCUT2D eigenvalue weighted by molar-refractivity contribution is 7.98. The summed E-state index contributed by atoms with van der Waals surface area (Å²) in [4.78, 5) is 1.40. The number of fused-ring (bicyclic) bond motifs is 1. The molecule has 0 aliphatic heterocycles. The minimum Gasteiger partial charge on any atom is -0.192 e. The van der Waals surface area contributed by atoms with Gasteiger partial charge in [0.1, 0.15) is 10.5 Å². The highest BCUT2D eigenvalue weighted by Crippen LogP contribution is 2.32. The van der Waals surface area contributed by atoms with Crippen molar-refractivity contribution in [3.05, 3.63) is 42.0 Å². The van der Waals surface area contributed by atoms with Gasteiger partial charge in [0.05, 0.1) is 11.6 Å². The summed E-state index contributed by atoms with van der Waals surface area (Å²) in [7, 11) is 0.214. The standard InChI is InChI=1S/C17H20NS/c1-12(2)19(13(3)4)17-10-9-14(11-18)15-7-5-6-8-16(15)17/h5-10,12-13H,1-4H3/q+1. The Bertz CT molecular complexity index is 615. The Hall–Kier alpha value is -1.46. The average molecular weight is 270 g/mol. The van der Waals surface area contributed by atoms with Crippen molar-refractivity contribution >= 4 is 21.7 Å². The van der Waals surface area contributed by atoms with Crippen LogP contribution in [-0.4, -0.2) is 10.5 Å². The molecular weight excluding hydrogens is 250 g/mol. The zero-order chi connectivity index (χ0) is 14.0. The van der Waals surface area contributed by atoms with Crippen molar-refractivity contribution in [1.29, 1.82) is 5.26 Å². The number of nitrogens with zero attached hydrogens (tertiary/aromatic N) is 1. The predicted molar refractivity (Wildman–Crippen MR) is 84.6 cm³/mol. The second kappa shape index (κ2) is 5.67. The second-order valence-electron chi connectivity index (χ2n) is 5.24. The van der Waals surface area contributed by atoms with E-state index in [1.54, 1.807) is 0 Å². The highest BCUT2D eigenvalue weighted by Gasteiger charge is 2.31. The molecule has 2 aromatic rings. The van der Waals surface area contributed by atoms with Gasteiger partial charge < -0.3 is 0 Å². The quantitative estimate of drug-likeness (QED) is 0.753. The van der Waals surface area contributed by atoms with Crippen LogP contribution in [0.1, 0.15) is 33.3 Å². The molecule has 0 fully saturated rings. The fourth-order valence-electron chi connectivity index (χ4n) is 2.63. The molecule has 0 aromatic heterocycles. The van der Waals surface area contributed by atoms with Crippen molar-refractivity contribution in [3.8, 4) is 6.07 Å². The van der Waals surface area contributed by atoms with Crippen molar-refractivity contribution in [2.75, 3.05) is 0 Å². The number of rotatable bonds is 3. The van der Waals surface area contributed by atoms with Crippen LogP contribution < -0.4 is 0 Å². The van der Waals surface area contributed by atoms with Gasteiger partial charge in [-0.05, 0) is 45.9 Å². The van der Waals surface area contributed by atoms with Gasteiger partial charge >= 0.3 is 0 Å². The topological polar surface area (TPSA) is 23.8 Å². The van der Waals surface area contributed by atoms with Crippen molar-refractivity contribution < 1.29 is 0 Å². The molecule has 0 radical (unpaired) electrons. The molecule has 0 aliphatic rings. The third-order valence-corrected chi connectivity index (χ3v) is 6.17. The second-order valence-corrected chi connectivity index (χ2v) is 8.31. The molecule has 2 heteroatoms. The van der Waals surface area contributed by atoms with Crippen molar-refractivity contribution in [1.82, 2.24) is 0 Å². The minimum absolute atomic E-state index is 0.214. The van der Waals surface area contributed by atoms with E-state index in [0.29, 0.717) is 10.5 Å². The lowest BCUT2D eigenvalue weighted by Gasteiger charge is -2.17. The lowest BCUT2D eigenvalue weighted by atomic mass is 10.1. The zero-order valence-corrected chi connectivity index (χ0v) is 12.8. The lowest BCUT2D eigenvalue weighted by Crippen LogP contribution is -2.24. The van der Waals surface area contributed by atoms with E-state index >= 15 is 0 Å². The normalized spacial score (nSPS) is 11.5. The fraction of sp³-hybridized carbons (Fsp3) is 0.353. The molecule has 0 aliphatic carbocycles. The van der Waals surface area contributed by atoms with Gasteiger partial charge in [-0.25, -0.2) is 0 Å². The summed E-state index contributed by atoms with van der Waals surface area (Å²) < 4.78 is 0. The first kappa shape index (κ1) is 14.0. The van der Waals surface area contributed by atoms with E-state index in [-0.39, 0.29) is 10.9 Å². The SMILES string of the molecule is CC(C)[S+](c1ccc(C#N)c2ccccc12)C(C)C. The highest BCUT2D eigenvalue weighted by atomic mass is 32.2. The van der Waals surface area contributed by atoms with Gasteiger partial charge in [0.2, 0.25) is 0 Å². The van der Waals surface area contributed by atoms with Crippen molar-refractivity contribution in [2.24, 2.45) is 0 Å². The lowest BCUT2D eigenvalue weighted by molar-refractivity contribution is 1.02. The first-order chi connectivity index (χ1) is 9.06. The van der Waals surface area contributed by atoms with Crippen LogP contribution in [0.15, 0.2) is 41.3 Å². The summed E-state index contributed by atoms with van der Waals surface area (Å²) in [6.45, 7) is 9.15. The van der Waals surface area contributed by atoms with Crippen molar-refractivity contribution in [2.45, 2.75) is 43.1 Å². The molecule has 0 heterocycles. The molecule has 98 valence electrons. The monoisotopic (exact) mass is 270 g/mol. The molecule has 19 heavy (non-hydrogen) atoms. The third kappa shape index (κ3) is 2.62. The Morgan fingerprint density at radius 3 is 2.00 bits per heavy atom. The van der Waals surface area contributed by atoms with Gasteiger partial charge in [-0.2, -0.15) is 5.26 Å². The van der Waals surface area contributed by atoms with Gasteiger partial charge in [-0.15, -0.1) is 0 Å². The predicted octanol–water partition coefficient (Wildman–Crippen LogP) is 4.51. The largest absolute Gasteiger partial charge is 0.192 e. The summed E-state index contributed by atoms with van der Waals surface area (Å²) in [5, 5.41) is 12.8. The number of hydrogen-bond acceptors (Lipinski definition) is 1. The summed E-state index contributed by atoms with van der Waals surface area (Å²) in [6.07, 6.45) is 0. The molecule has 0 N–H and O–H groups in total. The summed E-state index contributed by atoms with van der Waals surface area (Å²) in [6, 6.07) is 14.7. The van der Waals surface area contributed by atoms with E-state index in [4.69, 9.17) is 0 Å². The molecule has 0 amide bonds. The number of nitriles is 1. The molecule has 0 atom stereocenters. The molecule has 0 bridgehead atoms. The first-order valence-corrected chi connectivity index (χ1v) is 8.05. The van der Waals surface area contributed by atoms with Crippen LogP contribution in [0.3, 0.4) is 0 Å². The molecular formula is C17H20NS+.